The van der Waals surface area contributed by atoms with Crippen molar-refractivity contribution in [3.63, 3.8) is 0 Å². The maximum atomic E-state index is 12.8. The molecule has 6 heteroatoms. The van der Waals surface area contributed by atoms with E-state index in [0.29, 0.717) is 25.7 Å². The van der Waals surface area contributed by atoms with Gasteiger partial charge in [-0.15, -0.1) is 0 Å². The first-order valence-corrected chi connectivity index (χ1v) is 25.5. The Kier molecular flexibility index (Phi) is 46.4. The van der Waals surface area contributed by atoms with E-state index < -0.39 is 6.10 Å². The zero-order chi connectivity index (χ0) is 43.0. The predicted octanol–water partition coefficient (Wildman–Crippen LogP) is 16.5. The molecule has 0 amide bonds. The SMILES string of the molecule is CCCCCCCC/C=C\C/C=C\C/C=C\CCCC(=O)OCC(COC(=O)CCCCCCCCCCCCC)OC(=O)CCCCCCCCCCCCCCC. The van der Waals surface area contributed by atoms with Crippen LogP contribution in [0.15, 0.2) is 36.5 Å². The summed E-state index contributed by atoms with van der Waals surface area (Å²) in [7, 11) is 0. The van der Waals surface area contributed by atoms with Crippen molar-refractivity contribution in [2.45, 2.75) is 271 Å². The molecule has 1 atom stereocenters. The van der Waals surface area contributed by atoms with Gasteiger partial charge in [0.25, 0.3) is 0 Å². The van der Waals surface area contributed by atoms with Gasteiger partial charge in [-0.3, -0.25) is 14.4 Å². The minimum Gasteiger partial charge on any atom is -0.462 e. The summed E-state index contributed by atoms with van der Waals surface area (Å²) in [6.45, 7) is 6.59. The van der Waals surface area contributed by atoms with Crippen molar-refractivity contribution in [2.75, 3.05) is 13.2 Å². The third kappa shape index (κ3) is 46.5. The van der Waals surface area contributed by atoms with Crippen LogP contribution in [0.3, 0.4) is 0 Å². The Morgan fingerprint density at radius 1 is 0.339 bits per heavy atom. The highest BCUT2D eigenvalue weighted by Crippen LogP contribution is 2.15. The van der Waals surface area contributed by atoms with E-state index in [4.69, 9.17) is 14.2 Å². The van der Waals surface area contributed by atoms with Crippen molar-refractivity contribution in [3.05, 3.63) is 36.5 Å². The Morgan fingerprint density at radius 2 is 0.627 bits per heavy atom. The molecule has 344 valence electrons. The van der Waals surface area contributed by atoms with E-state index in [0.717, 1.165) is 57.8 Å². The smallest absolute Gasteiger partial charge is 0.306 e. The Hall–Kier alpha value is -2.37. The van der Waals surface area contributed by atoms with E-state index in [-0.39, 0.29) is 31.1 Å². The van der Waals surface area contributed by atoms with E-state index in [2.05, 4.69) is 57.2 Å². The summed E-state index contributed by atoms with van der Waals surface area (Å²) >= 11 is 0. The van der Waals surface area contributed by atoms with Gasteiger partial charge in [0.15, 0.2) is 6.10 Å². The molecule has 0 aliphatic rings. The second kappa shape index (κ2) is 48.3. The summed E-state index contributed by atoms with van der Waals surface area (Å²) in [5.74, 6) is -0.929. The van der Waals surface area contributed by atoms with Gasteiger partial charge in [0, 0.05) is 19.3 Å². The third-order valence-electron chi connectivity index (χ3n) is 11.1. The van der Waals surface area contributed by atoms with Gasteiger partial charge < -0.3 is 14.2 Å². The quantitative estimate of drug-likeness (QED) is 0.0263. The first kappa shape index (κ1) is 56.6. The van der Waals surface area contributed by atoms with E-state index in [1.165, 1.54) is 161 Å². The molecule has 0 aromatic rings. The molecule has 59 heavy (non-hydrogen) atoms. The lowest BCUT2D eigenvalue weighted by Crippen LogP contribution is -2.30. The Morgan fingerprint density at radius 3 is 1.02 bits per heavy atom. The summed E-state index contributed by atoms with van der Waals surface area (Å²) in [6.07, 6.45) is 55.6. The van der Waals surface area contributed by atoms with Gasteiger partial charge in [-0.05, 0) is 51.4 Å². The molecular formula is C53H96O6. The van der Waals surface area contributed by atoms with Gasteiger partial charge in [0.1, 0.15) is 13.2 Å². The summed E-state index contributed by atoms with van der Waals surface area (Å²) in [6, 6.07) is 0. The second-order valence-corrected chi connectivity index (χ2v) is 17.1. The van der Waals surface area contributed by atoms with Gasteiger partial charge in [0.2, 0.25) is 0 Å². The topological polar surface area (TPSA) is 78.9 Å². The molecule has 0 bridgehead atoms. The Labute approximate surface area is 365 Å². The molecule has 0 aromatic heterocycles. The van der Waals surface area contributed by atoms with Crippen molar-refractivity contribution < 1.29 is 28.6 Å². The molecule has 0 heterocycles. The number of unbranched alkanes of at least 4 members (excludes halogenated alkanes) is 29. The molecule has 0 fully saturated rings. The lowest BCUT2D eigenvalue weighted by molar-refractivity contribution is -0.167. The number of rotatable bonds is 46. The molecule has 1 unspecified atom stereocenters. The molecule has 0 saturated carbocycles. The van der Waals surface area contributed by atoms with Gasteiger partial charge in [-0.2, -0.15) is 0 Å². The monoisotopic (exact) mass is 829 g/mol. The standard InChI is InChI=1S/C53H96O6/c1-4-7-10-13-16-19-22-24-25-26-27-29-31-34-37-40-43-46-52(55)58-49-50(48-57-51(54)45-42-39-36-33-30-21-18-15-12-9-6-3)59-53(56)47-44-41-38-35-32-28-23-20-17-14-11-8-5-2/h24-25,27,29,34,37,50H,4-23,26,28,30-33,35-36,38-49H2,1-3H3/b25-24-,29-27-,37-34-. The number of esters is 3. The molecule has 0 saturated heterocycles. The molecule has 0 aliphatic heterocycles. The van der Waals surface area contributed by atoms with Crippen LogP contribution in [0.2, 0.25) is 0 Å². The second-order valence-electron chi connectivity index (χ2n) is 17.1. The van der Waals surface area contributed by atoms with Gasteiger partial charge in [-0.1, -0.05) is 231 Å². The van der Waals surface area contributed by atoms with Crippen molar-refractivity contribution >= 4 is 17.9 Å². The van der Waals surface area contributed by atoms with Crippen molar-refractivity contribution in [3.8, 4) is 0 Å². The number of ether oxygens (including phenoxy) is 3. The fourth-order valence-corrected chi connectivity index (χ4v) is 7.28. The summed E-state index contributed by atoms with van der Waals surface area (Å²) < 4.78 is 16.7. The summed E-state index contributed by atoms with van der Waals surface area (Å²) in [5, 5.41) is 0. The van der Waals surface area contributed by atoms with Gasteiger partial charge in [0.05, 0.1) is 0 Å². The zero-order valence-electron chi connectivity index (χ0n) is 39.3. The number of carbonyl (C=O) groups is 3. The molecule has 0 aliphatic carbocycles. The van der Waals surface area contributed by atoms with Gasteiger partial charge >= 0.3 is 17.9 Å². The normalized spacial score (nSPS) is 12.3. The average Bonchev–Trinajstić information content (AvgIpc) is 3.23. The van der Waals surface area contributed by atoms with E-state index >= 15 is 0 Å². The largest absolute Gasteiger partial charge is 0.462 e. The highest BCUT2D eigenvalue weighted by molar-refractivity contribution is 5.71. The third-order valence-corrected chi connectivity index (χ3v) is 11.1. The molecule has 0 N–H and O–H groups in total. The maximum absolute atomic E-state index is 12.8. The number of hydrogen-bond donors (Lipinski definition) is 0. The van der Waals surface area contributed by atoms with E-state index in [9.17, 15) is 14.4 Å². The first-order valence-electron chi connectivity index (χ1n) is 25.5. The van der Waals surface area contributed by atoms with Crippen LogP contribution in [0.1, 0.15) is 265 Å². The lowest BCUT2D eigenvalue weighted by atomic mass is 10.0. The fraction of sp³-hybridized carbons (Fsp3) is 0.830. The molecule has 0 spiro atoms. The minimum atomic E-state index is -0.785. The summed E-state index contributed by atoms with van der Waals surface area (Å²) in [5.41, 5.74) is 0. The number of hydrogen-bond acceptors (Lipinski definition) is 6. The van der Waals surface area contributed by atoms with Crippen molar-refractivity contribution in [1.82, 2.24) is 0 Å². The van der Waals surface area contributed by atoms with Crippen LogP contribution >= 0.6 is 0 Å². The zero-order valence-corrected chi connectivity index (χ0v) is 39.3. The number of carbonyl (C=O) groups excluding carboxylic acids is 3. The minimum absolute atomic E-state index is 0.0837. The van der Waals surface area contributed by atoms with Crippen LogP contribution < -0.4 is 0 Å². The van der Waals surface area contributed by atoms with Crippen LogP contribution in [-0.4, -0.2) is 37.2 Å². The van der Waals surface area contributed by atoms with Crippen LogP contribution in [-0.2, 0) is 28.6 Å². The van der Waals surface area contributed by atoms with Crippen LogP contribution in [0.4, 0.5) is 0 Å². The Bertz CT molecular complexity index is 1000. The van der Waals surface area contributed by atoms with E-state index in [1.54, 1.807) is 0 Å². The molecule has 0 aromatic carbocycles. The Balaban J connectivity index is 4.41. The lowest BCUT2D eigenvalue weighted by Gasteiger charge is -2.18. The van der Waals surface area contributed by atoms with Crippen LogP contribution in [0.5, 0.6) is 0 Å². The first-order chi connectivity index (χ1) is 29.0. The summed E-state index contributed by atoms with van der Waals surface area (Å²) in [4.78, 5) is 37.9. The highest BCUT2D eigenvalue weighted by atomic mass is 16.6. The average molecular weight is 829 g/mol. The van der Waals surface area contributed by atoms with Gasteiger partial charge in [-0.25, -0.2) is 0 Å². The van der Waals surface area contributed by atoms with Crippen molar-refractivity contribution in [1.29, 1.82) is 0 Å². The molecule has 0 rings (SSSR count). The maximum Gasteiger partial charge on any atom is 0.306 e. The van der Waals surface area contributed by atoms with Crippen LogP contribution in [0, 0.1) is 0 Å². The highest BCUT2D eigenvalue weighted by Gasteiger charge is 2.19. The molecular weight excluding hydrogens is 733 g/mol. The van der Waals surface area contributed by atoms with E-state index in [1.807, 2.05) is 0 Å². The van der Waals surface area contributed by atoms with Crippen molar-refractivity contribution in [2.24, 2.45) is 0 Å². The molecule has 0 radical (unpaired) electrons. The number of allylic oxidation sites excluding steroid dienone is 6. The molecule has 6 nitrogen and oxygen atoms in total. The predicted molar refractivity (Wildman–Crippen MR) is 252 cm³/mol. The van der Waals surface area contributed by atoms with Crippen LogP contribution in [0.25, 0.3) is 0 Å². The fourth-order valence-electron chi connectivity index (χ4n) is 7.28.